The molecular weight excluding hydrogens is 274 g/mol. The van der Waals surface area contributed by atoms with Crippen molar-refractivity contribution in [2.75, 3.05) is 6.54 Å². The Bertz CT molecular complexity index is 583. The van der Waals surface area contributed by atoms with Crippen molar-refractivity contribution in [3.8, 4) is 0 Å². The molecule has 0 aliphatic heterocycles. The summed E-state index contributed by atoms with van der Waals surface area (Å²) in [5.74, 6) is 0.807. The first kappa shape index (κ1) is 14.8. The second-order valence-electron chi connectivity index (χ2n) is 5.95. The van der Waals surface area contributed by atoms with Crippen LogP contribution >= 0.6 is 11.3 Å². The molecule has 1 nitrogen and oxygen atoms in total. The molecule has 2 heteroatoms. The van der Waals surface area contributed by atoms with Gasteiger partial charge in [0.1, 0.15) is 0 Å². The normalized spacial score (nSPS) is 16.7. The molecule has 3 rings (SSSR count). The van der Waals surface area contributed by atoms with E-state index in [9.17, 15) is 0 Å². The van der Waals surface area contributed by atoms with Crippen LogP contribution in [0.15, 0.2) is 35.7 Å². The highest BCUT2D eigenvalue weighted by atomic mass is 32.1. The first-order valence-electron chi connectivity index (χ1n) is 8.23. The van der Waals surface area contributed by atoms with Gasteiger partial charge in [-0.3, -0.25) is 0 Å². The fraction of sp³-hybridized carbons (Fsp3) is 0.474. The van der Waals surface area contributed by atoms with Gasteiger partial charge >= 0.3 is 0 Å². The highest BCUT2D eigenvalue weighted by molar-refractivity contribution is 7.10. The van der Waals surface area contributed by atoms with Crippen LogP contribution in [0.5, 0.6) is 0 Å². The summed E-state index contributed by atoms with van der Waals surface area (Å²) in [5, 5.41) is 5.92. The van der Waals surface area contributed by atoms with E-state index in [4.69, 9.17) is 0 Å². The minimum atomic E-state index is 0.352. The van der Waals surface area contributed by atoms with Crippen molar-refractivity contribution in [2.45, 2.75) is 51.5 Å². The number of hydrogen-bond donors (Lipinski definition) is 1. The van der Waals surface area contributed by atoms with Gasteiger partial charge in [0.25, 0.3) is 0 Å². The lowest BCUT2D eigenvalue weighted by Gasteiger charge is -2.27. The predicted octanol–water partition coefficient (Wildman–Crippen LogP) is 5.28. The lowest BCUT2D eigenvalue weighted by molar-refractivity contribution is 0.419. The van der Waals surface area contributed by atoms with Crippen LogP contribution in [0.25, 0.3) is 0 Å². The van der Waals surface area contributed by atoms with Crippen molar-refractivity contribution in [1.82, 2.24) is 5.32 Å². The number of aryl methyl sites for hydroxylation is 1. The minimum Gasteiger partial charge on any atom is -0.306 e. The fourth-order valence-electron chi connectivity index (χ4n) is 3.19. The lowest BCUT2D eigenvalue weighted by atomic mass is 9.79. The summed E-state index contributed by atoms with van der Waals surface area (Å²) in [6.45, 7) is 5.45. The van der Waals surface area contributed by atoms with Crippen LogP contribution < -0.4 is 5.32 Å². The van der Waals surface area contributed by atoms with Crippen LogP contribution in [-0.4, -0.2) is 6.54 Å². The lowest BCUT2D eigenvalue weighted by Crippen LogP contribution is -2.22. The highest BCUT2D eigenvalue weighted by Crippen LogP contribution is 2.38. The highest BCUT2D eigenvalue weighted by Gasteiger charge is 2.22. The van der Waals surface area contributed by atoms with E-state index in [0.717, 1.165) is 18.9 Å². The number of nitrogens with one attached hydrogen (secondary N) is 1. The molecule has 1 N–H and O–H groups in total. The molecule has 0 radical (unpaired) electrons. The number of thiophene rings is 1. The van der Waals surface area contributed by atoms with Crippen molar-refractivity contribution in [2.24, 2.45) is 0 Å². The molecule has 112 valence electrons. The van der Waals surface area contributed by atoms with Gasteiger partial charge in [0.2, 0.25) is 0 Å². The molecule has 0 saturated heterocycles. The maximum absolute atomic E-state index is 3.69. The van der Waals surface area contributed by atoms with Crippen molar-refractivity contribution < 1.29 is 0 Å². The Morgan fingerprint density at radius 1 is 1.24 bits per heavy atom. The average Bonchev–Trinajstić information content (AvgIpc) is 2.91. The van der Waals surface area contributed by atoms with E-state index in [-0.39, 0.29) is 0 Å². The summed E-state index contributed by atoms with van der Waals surface area (Å²) in [4.78, 5) is 1.49. The first-order valence-corrected chi connectivity index (χ1v) is 9.11. The molecule has 1 heterocycles. The Labute approximate surface area is 132 Å². The molecule has 0 amide bonds. The molecule has 1 unspecified atom stereocenters. The van der Waals surface area contributed by atoms with Crippen LogP contribution in [0.3, 0.4) is 0 Å². The third-order valence-corrected chi connectivity index (χ3v) is 5.68. The molecule has 21 heavy (non-hydrogen) atoms. The van der Waals surface area contributed by atoms with E-state index in [2.05, 4.69) is 54.9 Å². The number of rotatable bonds is 6. The van der Waals surface area contributed by atoms with Crippen molar-refractivity contribution in [3.05, 3.63) is 57.3 Å². The van der Waals surface area contributed by atoms with E-state index in [1.54, 1.807) is 0 Å². The zero-order valence-corrected chi connectivity index (χ0v) is 13.9. The van der Waals surface area contributed by atoms with Crippen LogP contribution in [0.2, 0.25) is 0 Å². The molecule has 1 aromatic heterocycles. The zero-order valence-electron chi connectivity index (χ0n) is 13.1. The Hall–Kier alpha value is -1.12. The van der Waals surface area contributed by atoms with E-state index >= 15 is 0 Å². The van der Waals surface area contributed by atoms with Crippen LogP contribution in [0.1, 0.15) is 66.6 Å². The maximum Gasteiger partial charge on any atom is 0.0673 e. The molecule has 0 spiro atoms. The Morgan fingerprint density at radius 3 is 2.76 bits per heavy atom. The topological polar surface area (TPSA) is 12.0 Å². The molecule has 1 aliphatic carbocycles. The number of hydrogen-bond acceptors (Lipinski definition) is 2. The van der Waals surface area contributed by atoms with Crippen LogP contribution in [0, 0.1) is 0 Å². The zero-order chi connectivity index (χ0) is 14.7. The second-order valence-corrected chi connectivity index (χ2v) is 6.90. The first-order chi connectivity index (χ1) is 10.3. The molecule has 1 aliphatic rings. The van der Waals surface area contributed by atoms with Gasteiger partial charge in [0, 0.05) is 4.88 Å². The molecule has 1 fully saturated rings. The monoisotopic (exact) mass is 299 g/mol. The average molecular weight is 299 g/mol. The van der Waals surface area contributed by atoms with Gasteiger partial charge < -0.3 is 5.32 Å². The van der Waals surface area contributed by atoms with Gasteiger partial charge in [-0.1, -0.05) is 44.5 Å². The number of benzene rings is 1. The summed E-state index contributed by atoms with van der Waals surface area (Å²) >= 11 is 1.89. The van der Waals surface area contributed by atoms with E-state index < -0.39 is 0 Å². The largest absolute Gasteiger partial charge is 0.306 e. The Kier molecular flexibility index (Phi) is 4.77. The predicted molar refractivity (Wildman–Crippen MR) is 92.3 cm³/mol. The maximum atomic E-state index is 3.69. The van der Waals surface area contributed by atoms with Gasteiger partial charge in [-0.05, 0) is 59.9 Å². The standard InChI is InChI=1S/C19H25NS/c1-3-14-11-12-21-19(14)18(20-4-2)17-10-6-9-16(13-17)15-7-5-8-15/h6,9-13,15,18,20H,3-5,7-8H2,1-2H3. The van der Waals surface area contributed by atoms with Gasteiger partial charge in [0.05, 0.1) is 6.04 Å². The van der Waals surface area contributed by atoms with Crippen LogP contribution in [-0.2, 0) is 6.42 Å². The summed E-state index contributed by atoms with van der Waals surface area (Å²) in [6.07, 6.45) is 5.25. The van der Waals surface area contributed by atoms with Crippen molar-refractivity contribution in [1.29, 1.82) is 0 Å². The SMILES string of the molecule is CCNC(c1cccc(C2CCC2)c1)c1sccc1CC. The van der Waals surface area contributed by atoms with Gasteiger partial charge in [-0.15, -0.1) is 11.3 Å². The van der Waals surface area contributed by atoms with E-state index in [1.165, 1.54) is 40.8 Å². The van der Waals surface area contributed by atoms with E-state index in [1.807, 2.05) is 11.3 Å². The van der Waals surface area contributed by atoms with Crippen LogP contribution in [0.4, 0.5) is 0 Å². The van der Waals surface area contributed by atoms with Gasteiger partial charge in [0.15, 0.2) is 0 Å². The third-order valence-electron chi connectivity index (χ3n) is 4.65. The molecular formula is C19H25NS. The fourth-order valence-corrected chi connectivity index (χ4v) is 4.29. The van der Waals surface area contributed by atoms with Crippen molar-refractivity contribution in [3.63, 3.8) is 0 Å². The van der Waals surface area contributed by atoms with Gasteiger partial charge in [-0.2, -0.15) is 0 Å². The summed E-state index contributed by atoms with van der Waals surface area (Å²) in [6, 6.07) is 11.9. The summed E-state index contributed by atoms with van der Waals surface area (Å²) < 4.78 is 0. The second kappa shape index (κ2) is 6.76. The molecule has 2 aromatic rings. The molecule has 1 aromatic carbocycles. The molecule has 1 atom stereocenters. The summed E-state index contributed by atoms with van der Waals surface area (Å²) in [5.41, 5.74) is 4.45. The minimum absolute atomic E-state index is 0.352. The quantitative estimate of drug-likeness (QED) is 0.765. The van der Waals surface area contributed by atoms with Gasteiger partial charge in [-0.25, -0.2) is 0 Å². The molecule has 1 saturated carbocycles. The Morgan fingerprint density at radius 2 is 2.10 bits per heavy atom. The van der Waals surface area contributed by atoms with Crippen molar-refractivity contribution >= 4 is 11.3 Å². The third kappa shape index (κ3) is 3.07. The molecule has 0 bridgehead atoms. The summed E-state index contributed by atoms with van der Waals surface area (Å²) in [7, 11) is 0. The Balaban J connectivity index is 1.93. The van der Waals surface area contributed by atoms with E-state index in [0.29, 0.717) is 6.04 Å². The smallest absolute Gasteiger partial charge is 0.0673 e.